The van der Waals surface area contributed by atoms with E-state index in [1.165, 1.54) is 12.0 Å². The van der Waals surface area contributed by atoms with Gasteiger partial charge in [0, 0.05) is 28.8 Å². The van der Waals surface area contributed by atoms with E-state index in [2.05, 4.69) is 0 Å². The van der Waals surface area contributed by atoms with Gasteiger partial charge in [0.25, 0.3) is 11.7 Å². The first-order valence-corrected chi connectivity index (χ1v) is 10.1. The Morgan fingerprint density at radius 1 is 1.10 bits per heavy atom. The number of hydrogen-bond donors (Lipinski definition) is 1. The molecule has 1 atom stereocenters. The van der Waals surface area contributed by atoms with Crippen molar-refractivity contribution >= 4 is 29.1 Å². The van der Waals surface area contributed by atoms with Crippen LogP contribution in [0.3, 0.4) is 0 Å². The molecule has 1 saturated heterocycles. The third-order valence-electron chi connectivity index (χ3n) is 5.15. The average Bonchev–Trinajstić information content (AvgIpc) is 3.01. The minimum absolute atomic E-state index is 0.0295. The van der Waals surface area contributed by atoms with Crippen molar-refractivity contribution in [1.82, 2.24) is 4.90 Å². The molecule has 30 heavy (non-hydrogen) atoms. The molecule has 158 valence electrons. The number of aliphatic hydroxyl groups excluding tert-OH is 1. The molecule has 7 heteroatoms. The fourth-order valence-electron chi connectivity index (χ4n) is 3.57. The molecule has 1 amide bonds. The molecule has 0 unspecified atom stereocenters. The number of benzene rings is 2. The first-order chi connectivity index (χ1) is 14.4. The number of amides is 1. The van der Waals surface area contributed by atoms with Gasteiger partial charge in [-0.15, -0.1) is 0 Å². The molecule has 0 saturated carbocycles. The molecular weight excluding hydrogens is 406 g/mol. The van der Waals surface area contributed by atoms with Gasteiger partial charge in [-0.1, -0.05) is 24.9 Å². The SMILES string of the molecule is CCCCN1C(=O)C(=O)C(=C(O)c2ccc(Cl)cc2)[C@@H]1c1ccc(OC)cc1OC. The number of methoxy groups -OCH3 is 2. The second kappa shape index (κ2) is 9.22. The first-order valence-electron chi connectivity index (χ1n) is 9.69. The normalized spacial score (nSPS) is 18.0. The minimum Gasteiger partial charge on any atom is -0.507 e. The van der Waals surface area contributed by atoms with Crippen LogP contribution >= 0.6 is 11.6 Å². The molecule has 0 aliphatic carbocycles. The zero-order chi connectivity index (χ0) is 21.8. The van der Waals surface area contributed by atoms with E-state index in [9.17, 15) is 14.7 Å². The lowest BCUT2D eigenvalue weighted by molar-refractivity contribution is -0.139. The van der Waals surface area contributed by atoms with Gasteiger partial charge in [-0.2, -0.15) is 0 Å². The number of carbonyl (C=O) groups excluding carboxylic acids is 2. The van der Waals surface area contributed by atoms with Crippen molar-refractivity contribution in [2.24, 2.45) is 0 Å². The molecule has 1 heterocycles. The predicted octanol–water partition coefficient (Wildman–Crippen LogP) is 4.58. The summed E-state index contributed by atoms with van der Waals surface area (Å²) in [7, 11) is 3.05. The largest absolute Gasteiger partial charge is 0.507 e. The monoisotopic (exact) mass is 429 g/mol. The smallest absolute Gasteiger partial charge is 0.295 e. The summed E-state index contributed by atoms with van der Waals surface area (Å²) < 4.78 is 10.8. The fourth-order valence-corrected chi connectivity index (χ4v) is 3.70. The summed E-state index contributed by atoms with van der Waals surface area (Å²) in [6, 6.07) is 10.9. The lowest BCUT2D eigenvalue weighted by atomic mass is 9.94. The number of carbonyl (C=O) groups is 2. The first kappa shape index (κ1) is 21.7. The predicted molar refractivity (Wildman–Crippen MR) is 115 cm³/mol. The Bertz CT molecular complexity index is 984. The van der Waals surface area contributed by atoms with Gasteiger partial charge in [-0.25, -0.2) is 0 Å². The van der Waals surface area contributed by atoms with Crippen molar-refractivity contribution in [3.63, 3.8) is 0 Å². The fraction of sp³-hybridized carbons (Fsp3) is 0.304. The summed E-state index contributed by atoms with van der Waals surface area (Å²) in [6.45, 7) is 2.39. The summed E-state index contributed by atoms with van der Waals surface area (Å²) in [6.07, 6.45) is 1.58. The molecule has 6 nitrogen and oxygen atoms in total. The van der Waals surface area contributed by atoms with Crippen molar-refractivity contribution in [3.8, 4) is 11.5 Å². The number of unbranched alkanes of at least 4 members (excludes halogenated alkanes) is 1. The number of Topliss-reactive ketones (excluding diaryl/α,β-unsaturated/α-hetero) is 1. The quantitative estimate of drug-likeness (QED) is 0.396. The maximum Gasteiger partial charge on any atom is 0.295 e. The number of ketones is 1. The standard InChI is InChI=1S/C23H24ClNO5/c1-4-5-12-25-20(17-11-10-16(29-2)13-18(17)30-3)19(22(27)23(25)28)21(26)14-6-8-15(24)9-7-14/h6-11,13,20,26H,4-5,12H2,1-3H3/t20-/m0/s1. The Balaban J connectivity index is 2.21. The van der Waals surface area contributed by atoms with Crippen molar-refractivity contribution in [3.05, 3.63) is 64.2 Å². The molecular formula is C23H24ClNO5. The van der Waals surface area contributed by atoms with Crippen LogP contribution in [0.1, 0.15) is 36.9 Å². The van der Waals surface area contributed by atoms with Crippen molar-refractivity contribution in [2.45, 2.75) is 25.8 Å². The number of aliphatic hydroxyl groups is 1. The van der Waals surface area contributed by atoms with Gasteiger partial charge < -0.3 is 19.5 Å². The molecule has 2 aromatic carbocycles. The Morgan fingerprint density at radius 3 is 2.40 bits per heavy atom. The molecule has 0 bridgehead atoms. The highest BCUT2D eigenvalue weighted by atomic mass is 35.5. The van der Waals surface area contributed by atoms with Crippen molar-refractivity contribution in [2.75, 3.05) is 20.8 Å². The summed E-state index contributed by atoms with van der Waals surface area (Å²) in [4.78, 5) is 27.3. The van der Waals surface area contributed by atoms with Crippen molar-refractivity contribution < 1.29 is 24.2 Å². The van der Waals surface area contributed by atoms with Crippen LogP contribution in [0.5, 0.6) is 11.5 Å². The van der Waals surface area contributed by atoms with Crippen LogP contribution in [-0.4, -0.2) is 42.5 Å². The van der Waals surface area contributed by atoms with E-state index in [1.807, 2.05) is 6.92 Å². The van der Waals surface area contributed by atoms with Gasteiger partial charge in [0.2, 0.25) is 0 Å². The Kier molecular flexibility index (Phi) is 6.67. The van der Waals surface area contributed by atoms with Gasteiger partial charge in [-0.05, 0) is 42.8 Å². The molecule has 0 aromatic heterocycles. The maximum atomic E-state index is 13.0. The van der Waals surface area contributed by atoms with Crippen LogP contribution in [0.25, 0.3) is 5.76 Å². The third kappa shape index (κ3) is 4.00. The molecule has 1 N–H and O–H groups in total. The zero-order valence-corrected chi connectivity index (χ0v) is 17.9. The molecule has 3 rings (SSSR count). The maximum absolute atomic E-state index is 13.0. The number of halogens is 1. The highest BCUT2D eigenvalue weighted by Crippen LogP contribution is 2.43. The van der Waals surface area contributed by atoms with Gasteiger partial charge in [0.1, 0.15) is 17.3 Å². The molecule has 0 radical (unpaired) electrons. The zero-order valence-electron chi connectivity index (χ0n) is 17.1. The average molecular weight is 430 g/mol. The van der Waals surface area contributed by atoms with Gasteiger partial charge in [0.05, 0.1) is 25.8 Å². The van der Waals surface area contributed by atoms with Crippen LogP contribution in [0, 0.1) is 0 Å². The van der Waals surface area contributed by atoms with E-state index in [-0.39, 0.29) is 11.3 Å². The van der Waals surface area contributed by atoms with E-state index in [0.717, 1.165) is 12.8 Å². The van der Waals surface area contributed by atoms with E-state index in [1.54, 1.807) is 49.6 Å². The number of hydrogen-bond acceptors (Lipinski definition) is 5. The molecule has 1 aliphatic heterocycles. The van der Waals surface area contributed by atoms with Crippen LogP contribution in [-0.2, 0) is 9.59 Å². The van der Waals surface area contributed by atoms with E-state index >= 15 is 0 Å². The number of rotatable bonds is 7. The van der Waals surface area contributed by atoms with Crippen LogP contribution in [0.15, 0.2) is 48.0 Å². The highest BCUT2D eigenvalue weighted by Gasteiger charge is 2.46. The van der Waals surface area contributed by atoms with E-state index < -0.39 is 17.7 Å². The lowest BCUT2D eigenvalue weighted by Gasteiger charge is -2.26. The molecule has 2 aromatic rings. The van der Waals surface area contributed by atoms with E-state index in [0.29, 0.717) is 34.2 Å². The summed E-state index contributed by atoms with van der Waals surface area (Å²) in [5.41, 5.74) is 1.04. The highest BCUT2D eigenvalue weighted by molar-refractivity contribution is 6.46. The second-order valence-electron chi connectivity index (χ2n) is 6.96. The Hall–Kier alpha value is -2.99. The van der Waals surface area contributed by atoms with Crippen molar-refractivity contribution in [1.29, 1.82) is 0 Å². The number of likely N-dealkylation sites (tertiary alicyclic amines) is 1. The summed E-state index contributed by atoms with van der Waals surface area (Å²) in [5.74, 6) is -0.557. The topological polar surface area (TPSA) is 76.1 Å². The van der Waals surface area contributed by atoms with Crippen LogP contribution in [0.4, 0.5) is 0 Å². The Morgan fingerprint density at radius 2 is 1.80 bits per heavy atom. The number of nitrogens with zero attached hydrogens (tertiary/aromatic N) is 1. The lowest BCUT2D eigenvalue weighted by Crippen LogP contribution is -2.30. The number of ether oxygens (including phenoxy) is 2. The minimum atomic E-state index is -0.770. The molecule has 1 fully saturated rings. The van der Waals surface area contributed by atoms with Gasteiger partial charge in [-0.3, -0.25) is 9.59 Å². The third-order valence-corrected chi connectivity index (χ3v) is 5.40. The summed E-state index contributed by atoms with van der Waals surface area (Å²) >= 11 is 5.95. The van der Waals surface area contributed by atoms with Gasteiger partial charge >= 0.3 is 0 Å². The van der Waals surface area contributed by atoms with E-state index in [4.69, 9.17) is 21.1 Å². The Labute approximate surface area is 180 Å². The van der Waals surface area contributed by atoms with Gasteiger partial charge in [0.15, 0.2) is 0 Å². The molecule has 1 aliphatic rings. The molecule has 0 spiro atoms. The summed E-state index contributed by atoms with van der Waals surface area (Å²) in [5, 5.41) is 11.5. The van der Waals surface area contributed by atoms with Crippen LogP contribution in [0.2, 0.25) is 5.02 Å². The second-order valence-corrected chi connectivity index (χ2v) is 7.40. The van der Waals surface area contributed by atoms with Crippen LogP contribution < -0.4 is 9.47 Å².